The molecule has 2 aromatic rings. The molecule has 0 spiro atoms. The summed E-state index contributed by atoms with van der Waals surface area (Å²) in [5.74, 6) is -1.08. The number of nitrogens with one attached hydrogen (secondary N) is 1. The van der Waals surface area contributed by atoms with E-state index in [1.54, 1.807) is 12.1 Å². The first-order chi connectivity index (χ1) is 12.7. The molecule has 3 N–H and O–H groups in total. The fourth-order valence-electron chi connectivity index (χ4n) is 3.29. The molecule has 1 saturated carbocycles. The number of halogens is 3. The molecule has 0 bridgehead atoms. The van der Waals surface area contributed by atoms with Crippen LogP contribution in [0.3, 0.4) is 0 Å². The summed E-state index contributed by atoms with van der Waals surface area (Å²) in [6.07, 6.45) is -0.880. The van der Waals surface area contributed by atoms with Crippen molar-refractivity contribution >= 4 is 11.8 Å². The maximum Gasteiger partial charge on any atom is 0.416 e. The lowest BCUT2D eigenvalue weighted by Crippen LogP contribution is -2.55. The van der Waals surface area contributed by atoms with Crippen molar-refractivity contribution in [1.82, 2.24) is 10.3 Å². The number of carbonyl (C=O) groups excluding carboxylic acids is 2. The minimum absolute atomic E-state index is 0.102. The van der Waals surface area contributed by atoms with Crippen LogP contribution >= 0.6 is 0 Å². The number of amides is 2. The van der Waals surface area contributed by atoms with Crippen LogP contribution in [0.15, 0.2) is 42.6 Å². The van der Waals surface area contributed by atoms with Crippen molar-refractivity contribution in [2.75, 3.05) is 0 Å². The van der Waals surface area contributed by atoms with Crippen molar-refractivity contribution in [2.45, 2.75) is 37.4 Å². The zero-order valence-corrected chi connectivity index (χ0v) is 14.3. The van der Waals surface area contributed by atoms with E-state index in [4.69, 9.17) is 5.73 Å². The summed E-state index contributed by atoms with van der Waals surface area (Å²) in [6, 6.07) is 7.91. The SMILES string of the molecule is NC(=O)C1(NC(=O)c2cccc(-c3cc(C(F)(F)F)ccn3)c2)CCCC1. The lowest BCUT2D eigenvalue weighted by Gasteiger charge is -2.26. The number of alkyl halides is 3. The monoisotopic (exact) mass is 377 g/mol. The van der Waals surface area contributed by atoms with Crippen LogP contribution in [0.25, 0.3) is 11.3 Å². The standard InChI is InChI=1S/C19H18F3N3O2/c20-19(21,22)14-6-9-24-15(11-14)12-4-3-5-13(10-12)16(26)25-18(17(23)27)7-1-2-8-18/h3-6,9-11H,1-2,7-8H2,(H2,23,27)(H,25,26). The molecule has 142 valence electrons. The topological polar surface area (TPSA) is 85.1 Å². The number of pyridine rings is 1. The van der Waals surface area contributed by atoms with Gasteiger partial charge >= 0.3 is 6.18 Å². The van der Waals surface area contributed by atoms with Crippen LogP contribution in [0.4, 0.5) is 13.2 Å². The Labute approximate surface area is 153 Å². The van der Waals surface area contributed by atoms with Crippen LogP contribution in [-0.2, 0) is 11.0 Å². The molecule has 0 atom stereocenters. The number of aromatic nitrogens is 1. The van der Waals surface area contributed by atoms with E-state index in [1.165, 1.54) is 12.1 Å². The zero-order valence-electron chi connectivity index (χ0n) is 14.3. The predicted molar refractivity (Wildman–Crippen MR) is 92.5 cm³/mol. The maximum absolute atomic E-state index is 12.9. The molecule has 8 heteroatoms. The van der Waals surface area contributed by atoms with Crippen molar-refractivity contribution < 1.29 is 22.8 Å². The van der Waals surface area contributed by atoms with Crippen LogP contribution < -0.4 is 11.1 Å². The Morgan fingerprint density at radius 1 is 1.11 bits per heavy atom. The minimum Gasteiger partial charge on any atom is -0.368 e. The summed E-state index contributed by atoms with van der Waals surface area (Å²) in [5.41, 5.74) is 4.27. The van der Waals surface area contributed by atoms with Gasteiger partial charge in [0.15, 0.2) is 0 Å². The van der Waals surface area contributed by atoms with Gasteiger partial charge in [0.05, 0.1) is 11.3 Å². The largest absolute Gasteiger partial charge is 0.416 e. The van der Waals surface area contributed by atoms with Crippen LogP contribution in [0.2, 0.25) is 0 Å². The Morgan fingerprint density at radius 3 is 2.44 bits per heavy atom. The van der Waals surface area contributed by atoms with Gasteiger partial charge in [-0.15, -0.1) is 0 Å². The molecule has 1 heterocycles. The van der Waals surface area contributed by atoms with E-state index in [-0.39, 0.29) is 11.3 Å². The van der Waals surface area contributed by atoms with Gasteiger partial charge in [-0.1, -0.05) is 25.0 Å². The van der Waals surface area contributed by atoms with E-state index in [0.717, 1.165) is 31.2 Å². The summed E-state index contributed by atoms with van der Waals surface area (Å²) in [4.78, 5) is 28.4. The number of hydrogen-bond acceptors (Lipinski definition) is 3. The summed E-state index contributed by atoms with van der Waals surface area (Å²) in [5, 5.41) is 2.71. The zero-order chi connectivity index (χ0) is 19.7. The van der Waals surface area contributed by atoms with E-state index < -0.39 is 29.1 Å². The van der Waals surface area contributed by atoms with Crippen molar-refractivity contribution in [3.05, 3.63) is 53.7 Å². The highest BCUT2D eigenvalue weighted by molar-refractivity contribution is 5.99. The minimum atomic E-state index is -4.48. The van der Waals surface area contributed by atoms with Gasteiger partial charge in [-0.2, -0.15) is 13.2 Å². The van der Waals surface area contributed by atoms with Gasteiger partial charge in [-0.3, -0.25) is 14.6 Å². The second-order valence-corrected chi connectivity index (χ2v) is 6.62. The third-order valence-corrected chi connectivity index (χ3v) is 4.79. The first kappa shape index (κ1) is 18.9. The second-order valence-electron chi connectivity index (χ2n) is 6.62. The normalized spacial score (nSPS) is 16.1. The molecule has 1 aromatic carbocycles. The maximum atomic E-state index is 12.9. The number of nitrogens with two attached hydrogens (primary N) is 1. The Bertz CT molecular complexity index is 874. The van der Waals surface area contributed by atoms with Gasteiger partial charge in [0, 0.05) is 17.3 Å². The van der Waals surface area contributed by atoms with Gasteiger partial charge < -0.3 is 11.1 Å². The van der Waals surface area contributed by atoms with Crippen molar-refractivity contribution in [1.29, 1.82) is 0 Å². The third kappa shape index (κ3) is 3.94. The summed E-state index contributed by atoms with van der Waals surface area (Å²) >= 11 is 0. The molecule has 1 aliphatic rings. The molecule has 0 radical (unpaired) electrons. The van der Waals surface area contributed by atoms with Gasteiger partial charge in [0.1, 0.15) is 5.54 Å². The Morgan fingerprint density at radius 2 is 1.81 bits per heavy atom. The molecule has 0 aliphatic heterocycles. The molecular formula is C19H18F3N3O2. The molecule has 0 saturated heterocycles. The number of rotatable bonds is 4. The fraction of sp³-hybridized carbons (Fsp3) is 0.316. The molecule has 1 aromatic heterocycles. The Kier molecular flexibility index (Phi) is 4.91. The van der Waals surface area contributed by atoms with E-state index in [1.807, 2.05) is 0 Å². The summed E-state index contributed by atoms with van der Waals surface area (Å²) in [6.45, 7) is 0. The lowest BCUT2D eigenvalue weighted by atomic mass is 9.95. The van der Waals surface area contributed by atoms with Crippen molar-refractivity contribution in [3.63, 3.8) is 0 Å². The average molecular weight is 377 g/mol. The summed E-state index contributed by atoms with van der Waals surface area (Å²) < 4.78 is 38.7. The van der Waals surface area contributed by atoms with Gasteiger partial charge in [0.2, 0.25) is 5.91 Å². The fourth-order valence-corrected chi connectivity index (χ4v) is 3.29. The van der Waals surface area contributed by atoms with Gasteiger partial charge in [-0.05, 0) is 37.1 Å². The number of nitrogens with zero attached hydrogens (tertiary/aromatic N) is 1. The highest BCUT2D eigenvalue weighted by Crippen LogP contribution is 2.32. The predicted octanol–water partition coefficient (Wildman–Crippen LogP) is 3.30. The molecule has 1 fully saturated rings. The van der Waals surface area contributed by atoms with Crippen LogP contribution in [0, 0.1) is 0 Å². The van der Waals surface area contributed by atoms with Gasteiger partial charge in [-0.25, -0.2) is 0 Å². The Hall–Kier alpha value is -2.90. The highest BCUT2D eigenvalue weighted by atomic mass is 19.4. The molecule has 3 rings (SSSR count). The third-order valence-electron chi connectivity index (χ3n) is 4.79. The van der Waals surface area contributed by atoms with E-state index in [0.29, 0.717) is 18.4 Å². The number of primary amides is 1. The second kappa shape index (κ2) is 7.02. The highest BCUT2D eigenvalue weighted by Gasteiger charge is 2.41. The number of benzene rings is 1. The number of hydrogen-bond donors (Lipinski definition) is 2. The molecule has 5 nitrogen and oxygen atoms in total. The molecule has 0 unspecified atom stereocenters. The van der Waals surface area contributed by atoms with Crippen molar-refractivity contribution in [2.24, 2.45) is 5.73 Å². The van der Waals surface area contributed by atoms with Gasteiger partial charge in [0.25, 0.3) is 5.91 Å². The molecule has 27 heavy (non-hydrogen) atoms. The van der Waals surface area contributed by atoms with Crippen LogP contribution in [-0.4, -0.2) is 22.3 Å². The lowest BCUT2D eigenvalue weighted by molar-refractivity contribution is -0.137. The first-order valence-electron chi connectivity index (χ1n) is 8.47. The quantitative estimate of drug-likeness (QED) is 0.857. The van der Waals surface area contributed by atoms with Crippen LogP contribution in [0.5, 0.6) is 0 Å². The van der Waals surface area contributed by atoms with E-state index >= 15 is 0 Å². The summed E-state index contributed by atoms with van der Waals surface area (Å²) in [7, 11) is 0. The molecule has 1 aliphatic carbocycles. The molecular weight excluding hydrogens is 359 g/mol. The van der Waals surface area contributed by atoms with Crippen LogP contribution in [0.1, 0.15) is 41.6 Å². The Balaban J connectivity index is 1.88. The molecule has 2 amide bonds. The number of carbonyl (C=O) groups is 2. The van der Waals surface area contributed by atoms with E-state index in [9.17, 15) is 22.8 Å². The van der Waals surface area contributed by atoms with E-state index in [2.05, 4.69) is 10.3 Å². The van der Waals surface area contributed by atoms with Crippen molar-refractivity contribution in [3.8, 4) is 11.3 Å². The smallest absolute Gasteiger partial charge is 0.368 e. The average Bonchev–Trinajstić information content (AvgIpc) is 3.11. The first-order valence-corrected chi connectivity index (χ1v) is 8.47.